The van der Waals surface area contributed by atoms with E-state index in [2.05, 4.69) is 28.6 Å². The molecule has 0 spiro atoms. The normalized spacial score (nSPS) is 20.3. The summed E-state index contributed by atoms with van der Waals surface area (Å²) in [5.41, 5.74) is 2.81. The number of carbonyl (C=O) groups is 2. The summed E-state index contributed by atoms with van der Waals surface area (Å²) in [6.07, 6.45) is 0.988. The van der Waals surface area contributed by atoms with E-state index in [4.69, 9.17) is 0 Å². The van der Waals surface area contributed by atoms with Gasteiger partial charge in [0.15, 0.2) is 0 Å². The van der Waals surface area contributed by atoms with Crippen LogP contribution in [0.15, 0.2) is 35.7 Å². The van der Waals surface area contributed by atoms with E-state index in [-0.39, 0.29) is 24.4 Å². The molecule has 2 aliphatic rings. The summed E-state index contributed by atoms with van der Waals surface area (Å²) in [6.45, 7) is 3.44. The number of amides is 2. The van der Waals surface area contributed by atoms with Crippen LogP contribution in [0.5, 0.6) is 0 Å². The van der Waals surface area contributed by atoms with Crippen molar-refractivity contribution in [3.8, 4) is 0 Å². The highest BCUT2D eigenvalue weighted by Gasteiger charge is 2.31. The summed E-state index contributed by atoms with van der Waals surface area (Å²) in [5.74, 6) is -0.170. The molecule has 1 N–H and O–H groups in total. The molecular formula is C18H19N3O2S. The number of anilines is 2. The molecule has 1 aromatic heterocycles. The van der Waals surface area contributed by atoms with Gasteiger partial charge in [0, 0.05) is 17.5 Å². The Morgan fingerprint density at radius 1 is 1.33 bits per heavy atom. The van der Waals surface area contributed by atoms with Crippen molar-refractivity contribution in [1.29, 1.82) is 0 Å². The van der Waals surface area contributed by atoms with Crippen molar-refractivity contribution in [2.45, 2.75) is 19.4 Å². The minimum Gasteiger partial charge on any atom is -0.323 e. The number of hydrogen-bond acceptors (Lipinski definition) is 4. The third-order valence-corrected chi connectivity index (χ3v) is 5.81. The predicted molar refractivity (Wildman–Crippen MR) is 95.4 cm³/mol. The number of nitrogens with zero attached hydrogens (tertiary/aromatic N) is 2. The van der Waals surface area contributed by atoms with Crippen LogP contribution in [0.2, 0.25) is 0 Å². The van der Waals surface area contributed by atoms with E-state index >= 15 is 0 Å². The largest absolute Gasteiger partial charge is 0.323 e. The molecule has 4 rings (SSSR count). The third kappa shape index (κ3) is 2.61. The maximum atomic E-state index is 12.9. The highest BCUT2D eigenvalue weighted by molar-refractivity contribution is 7.10. The smallest absolute Gasteiger partial charge is 0.244 e. The average Bonchev–Trinajstić information content (AvgIpc) is 3.06. The lowest BCUT2D eigenvalue weighted by Crippen LogP contribution is -2.48. The standard InChI is InChI=1S/C18H19N3O2S/c1-12-13-7-9-24-16(13)6-8-20(12)11-18(23)21-10-17(22)19-14-4-2-3-5-15(14)21/h2-5,7,9,12H,6,8,10-11H2,1H3,(H,19,22)/t12-/m0/s1. The highest BCUT2D eigenvalue weighted by atomic mass is 32.1. The van der Waals surface area contributed by atoms with Crippen LogP contribution in [0.25, 0.3) is 0 Å². The van der Waals surface area contributed by atoms with Gasteiger partial charge in [0.25, 0.3) is 0 Å². The van der Waals surface area contributed by atoms with Crippen molar-refractivity contribution in [2.75, 3.05) is 29.9 Å². The van der Waals surface area contributed by atoms with Crippen molar-refractivity contribution in [1.82, 2.24) is 4.90 Å². The van der Waals surface area contributed by atoms with Gasteiger partial charge in [0.05, 0.1) is 17.9 Å². The third-order valence-electron chi connectivity index (χ3n) is 4.81. The Kier molecular flexibility index (Phi) is 3.86. The zero-order valence-corrected chi connectivity index (χ0v) is 14.3. The van der Waals surface area contributed by atoms with E-state index < -0.39 is 0 Å². The minimum atomic E-state index is -0.145. The first kappa shape index (κ1) is 15.4. The Morgan fingerprint density at radius 3 is 3.04 bits per heavy atom. The van der Waals surface area contributed by atoms with Crippen molar-refractivity contribution in [2.24, 2.45) is 0 Å². The van der Waals surface area contributed by atoms with Crippen LogP contribution in [0.1, 0.15) is 23.4 Å². The molecule has 3 heterocycles. The first-order valence-electron chi connectivity index (χ1n) is 8.13. The van der Waals surface area contributed by atoms with Crippen LogP contribution >= 0.6 is 11.3 Å². The molecule has 0 saturated carbocycles. The van der Waals surface area contributed by atoms with Gasteiger partial charge in [-0.2, -0.15) is 0 Å². The molecule has 2 aromatic rings. The van der Waals surface area contributed by atoms with Gasteiger partial charge < -0.3 is 5.32 Å². The number of carbonyl (C=O) groups excluding carboxylic acids is 2. The second-order valence-corrected chi connectivity index (χ2v) is 7.24. The first-order chi connectivity index (χ1) is 11.6. The Bertz CT molecular complexity index is 801. The number of thiophene rings is 1. The second-order valence-electron chi connectivity index (χ2n) is 6.24. The summed E-state index contributed by atoms with van der Waals surface area (Å²) in [4.78, 5) is 30.0. The van der Waals surface area contributed by atoms with Gasteiger partial charge in [-0.25, -0.2) is 0 Å². The molecule has 0 aliphatic carbocycles. The van der Waals surface area contributed by atoms with Crippen molar-refractivity contribution in [3.05, 3.63) is 46.2 Å². The number of nitrogens with one attached hydrogen (secondary N) is 1. The zero-order valence-electron chi connectivity index (χ0n) is 13.5. The van der Waals surface area contributed by atoms with Gasteiger partial charge in [-0.05, 0) is 42.5 Å². The molecule has 124 valence electrons. The van der Waals surface area contributed by atoms with Crippen molar-refractivity contribution in [3.63, 3.8) is 0 Å². The number of para-hydroxylation sites is 2. The van der Waals surface area contributed by atoms with Gasteiger partial charge in [0.1, 0.15) is 6.54 Å². The number of benzene rings is 1. The lowest BCUT2D eigenvalue weighted by atomic mass is 10.0. The Morgan fingerprint density at radius 2 is 2.17 bits per heavy atom. The fourth-order valence-corrected chi connectivity index (χ4v) is 4.46. The molecule has 0 bridgehead atoms. The molecule has 0 fully saturated rings. The van der Waals surface area contributed by atoms with Gasteiger partial charge in [-0.1, -0.05) is 12.1 Å². The predicted octanol–water partition coefficient (Wildman–Crippen LogP) is 2.65. The van der Waals surface area contributed by atoms with Gasteiger partial charge >= 0.3 is 0 Å². The molecule has 1 aromatic carbocycles. The van der Waals surface area contributed by atoms with Crippen LogP contribution in [0.3, 0.4) is 0 Å². The SMILES string of the molecule is C[C@H]1c2ccsc2CCN1CC(=O)N1CC(=O)Nc2ccccc21. The topological polar surface area (TPSA) is 52.7 Å². The van der Waals surface area contributed by atoms with Crippen LogP contribution in [0, 0.1) is 0 Å². The minimum absolute atomic E-state index is 0.0252. The van der Waals surface area contributed by atoms with Gasteiger partial charge in [0.2, 0.25) is 11.8 Å². The molecule has 2 amide bonds. The van der Waals surface area contributed by atoms with E-state index in [0.717, 1.165) is 18.7 Å². The zero-order chi connectivity index (χ0) is 16.7. The van der Waals surface area contributed by atoms with E-state index in [0.29, 0.717) is 12.2 Å². The summed E-state index contributed by atoms with van der Waals surface area (Å²) >= 11 is 1.79. The van der Waals surface area contributed by atoms with E-state index in [1.807, 2.05) is 24.3 Å². The average molecular weight is 341 g/mol. The van der Waals surface area contributed by atoms with E-state index in [9.17, 15) is 9.59 Å². The second kappa shape index (κ2) is 6.03. The van der Waals surface area contributed by atoms with Crippen LogP contribution in [-0.2, 0) is 16.0 Å². The summed E-state index contributed by atoms with van der Waals surface area (Å²) in [6, 6.07) is 9.84. The molecule has 0 saturated heterocycles. The Balaban J connectivity index is 1.54. The lowest BCUT2D eigenvalue weighted by molar-refractivity contribution is -0.123. The molecule has 2 aliphatic heterocycles. The molecule has 6 heteroatoms. The fourth-order valence-electron chi connectivity index (χ4n) is 3.49. The van der Waals surface area contributed by atoms with Crippen molar-refractivity contribution >= 4 is 34.5 Å². The number of hydrogen-bond donors (Lipinski definition) is 1. The summed E-state index contributed by atoms with van der Waals surface area (Å²) in [7, 11) is 0. The molecule has 0 radical (unpaired) electrons. The first-order valence-corrected chi connectivity index (χ1v) is 9.01. The number of rotatable bonds is 2. The molecule has 1 atom stereocenters. The van der Waals surface area contributed by atoms with Crippen molar-refractivity contribution < 1.29 is 9.59 Å². The highest BCUT2D eigenvalue weighted by Crippen LogP contribution is 2.33. The molecular weight excluding hydrogens is 322 g/mol. The Hall–Kier alpha value is -2.18. The summed E-state index contributed by atoms with van der Waals surface area (Å²) < 4.78 is 0. The number of fused-ring (bicyclic) bond motifs is 2. The summed E-state index contributed by atoms with van der Waals surface area (Å²) in [5, 5.41) is 4.94. The molecule has 24 heavy (non-hydrogen) atoms. The molecule has 5 nitrogen and oxygen atoms in total. The lowest BCUT2D eigenvalue weighted by Gasteiger charge is -2.36. The van der Waals surface area contributed by atoms with E-state index in [1.165, 1.54) is 10.4 Å². The molecule has 0 unspecified atom stereocenters. The Labute approximate surface area is 144 Å². The van der Waals surface area contributed by atoms with Gasteiger partial charge in [-0.3, -0.25) is 19.4 Å². The fraction of sp³-hybridized carbons (Fsp3) is 0.333. The van der Waals surface area contributed by atoms with Crippen LogP contribution in [-0.4, -0.2) is 36.3 Å². The quantitative estimate of drug-likeness (QED) is 0.914. The van der Waals surface area contributed by atoms with Gasteiger partial charge in [-0.15, -0.1) is 11.3 Å². The maximum absolute atomic E-state index is 12.9. The monoisotopic (exact) mass is 341 g/mol. The van der Waals surface area contributed by atoms with Crippen LogP contribution in [0.4, 0.5) is 11.4 Å². The van der Waals surface area contributed by atoms with Crippen LogP contribution < -0.4 is 10.2 Å². The van der Waals surface area contributed by atoms with E-state index in [1.54, 1.807) is 16.2 Å². The maximum Gasteiger partial charge on any atom is 0.244 e.